The van der Waals surface area contributed by atoms with Crippen molar-refractivity contribution in [1.29, 1.82) is 0 Å². The van der Waals surface area contributed by atoms with Crippen LogP contribution in [-0.4, -0.2) is 25.8 Å². The molecular weight excluding hydrogens is 234 g/mol. The van der Waals surface area contributed by atoms with E-state index in [1.807, 2.05) is 25.1 Å². The smallest absolute Gasteiger partial charge is 0.0622 e. The predicted octanol–water partition coefficient (Wildman–Crippen LogP) is 3.29. The van der Waals surface area contributed by atoms with Crippen LogP contribution in [0.2, 0.25) is 5.02 Å². The van der Waals surface area contributed by atoms with Crippen molar-refractivity contribution in [3.63, 3.8) is 0 Å². The molecule has 1 aromatic carbocycles. The second kappa shape index (κ2) is 8.51. The Morgan fingerprint density at radius 3 is 2.82 bits per heavy atom. The lowest BCUT2D eigenvalue weighted by molar-refractivity contribution is 0.122. The number of rotatable bonds is 8. The molecule has 2 nitrogen and oxygen atoms in total. The quantitative estimate of drug-likeness (QED) is 0.770. The molecule has 1 N–H and O–H groups in total. The van der Waals surface area contributed by atoms with E-state index in [0.29, 0.717) is 6.04 Å². The van der Waals surface area contributed by atoms with Gasteiger partial charge in [-0.25, -0.2) is 0 Å². The average Bonchev–Trinajstić information content (AvgIpc) is 2.32. The lowest BCUT2D eigenvalue weighted by atomic mass is 10.1. The van der Waals surface area contributed by atoms with Gasteiger partial charge in [-0.1, -0.05) is 30.7 Å². The van der Waals surface area contributed by atoms with Crippen molar-refractivity contribution in [2.45, 2.75) is 32.7 Å². The van der Waals surface area contributed by atoms with Crippen LogP contribution in [0, 0.1) is 0 Å². The molecule has 1 rings (SSSR count). The molecule has 1 aromatic rings. The summed E-state index contributed by atoms with van der Waals surface area (Å²) in [5.41, 5.74) is 1.26. The summed E-state index contributed by atoms with van der Waals surface area (Å²) < 4.78 is 5.50. The van der Waals surface area contributed by atoms with Crippen LogP contribution in [0.4, 0.5) is 0 Å². The average molecular weight is 256 g/mol. The van der Waals surface area contributed by atoms with E-state index in [1.54, 1.807) is 0 Å². The summed E-state index contributed by atoms with van der Waals surface area (Å²) in [6.45, 7) is 6.74. The summed E-state index contributed by atoms with van der Waals surface area (Å²) in [5.74, 6) is 0. The van der Waals surface area contributed by atoms with Gasteiger partial charge in [0.25, 0.3) is 0 Å². The van der Waals surface area contributed by atoms with E-state index in [2.05, 4.69) is 18.3 Å². The number of nitrogens with one attached hydrogen (secondary N) is 1. The molecule has 1 atom stereocenters. The second-order valence-electron chi connectivity index (χ2n) is 4.14. The molecule has 0 aliphatic carbocycles. The highest BCUT2D eigenvalue weighted by Crippen LogP contribution is 2.12. The van der Waals surface area contributed by atoms with E-state index in [4.69, 9.17) is 16.3 Å². The molecule has 0 spiro atoms. The molecule has 0 amide bonds. The Kier molecular flexibility index (Phi) is 7.25. The summed E-state index contributed by atoms with van der Waals surface area (Å²) in [7, 11) is 0. The standard InChI is InChI=1S/C14H22ClNO/c1-3-8-16-14(11-17-4-2)10-12-6-5-7-13(15)9-12/h5-7,9,14,16H,3-4,8,10-11H2,1-2H3. The maximum Gasteiger partial charge on any atom is 0.0622 e. The highest BCUT2D eigenvalue weighted by molar-refractivity contribution is 6.30. The molecule has 96 valence electrons. The maximum atomic E-state index is 5.99. The third-order valence-electron chi connectivity index (χ3n) is 2.58. The Labute approximate surface area is 109 Å². The first-order valence-corrected chi connectivity index (χ1v) is 6.69. The third-order valence-corrected chi connectivity index (χ3v) is 2.81. The number of hydrogen-bond acceptors (Lipinski definition) is 2. The summed E-state index contributed by atoms with van der Waals surface area (Å²) in [6.07, 6.45) is 2.10. The van der Waals surface area contributed by atoms with Gasteiger partial charge in [-0.05, 0) is 44.0 Å². The molecule has 0 saturated carbocycles. The Hall–Kier alpha value is -0.570. The summed E-state index contributed by atoms with van der Waals surface area (Å²) in [5, 5.41) is 4.30. The van der Waals surface area contributed by atoms with Crippen LogP contribution in [0.25, 0.3) is 0 Å². The van der Waals surface area contributed by atoms with Crippen molar-refractivity contribution in [2.75, 3.05) is 19.8 Å². The van der Waals surface area contributed by atoms with E-state index >= 15 is 0 Å². The molecule has 0 radical (unpaired) electrons. The number of ether oxygens (including phenoxy) is 1. The van der Waals surface area contributed by atoms with E-state index < -0.39 is 0 Å². The van der Waals surface area contributed by atoms with Gasteiger partial charge >= 0.3 is 0 Å². The van der Waals surface area contributed by atoms with Gasteiger partial charge < -0.3 is 10.1 Å². The third kappa shape index (κ3) is 6.06. The molecule has 0 aliphatic heterocycles. The normalized spacial score (nSPS) is 12.6. The summed E-state index contributed by atoms with van der Waals surface area (Å²) in [4.78, 5) is 0. The lowest BCUT2D eigenvalue weighted by Crippen LogP contribution is -2.36. The molecule has 0 bridgehead atoms. The predicted molar refractivity (Wildman–Crippen MR) is 73.7 cm³/mol. The van der Waals surface area contributed by atoms with Gasteiger partial charge in [-0.3, -0.25) is 0 Å². The summed E-state index contributed by atoms with van der Waals surface area (Å²) >= 11 is 5.99. The summed E-state index contributed by atoms with van der Waals surface area (Å²) in [6, 6.07) is 8.40. The zero-order valence-electron chi connectivity index (χ0n) is 10.7. The van der Waals surface area contributed by atoms with Crippen LogP contribution in [0.15, 0.2) is 24.3 Å². The van der Waals surface area contributed by atoms with E-state index in [9.17, 15) is 0 Å². The number of halogens is 1. The molecular formula is C14H22ClNO. The van der Waals surface area contributed by atoms with Crippen molar-refractivity contribution < 1.29 is 4.74 Å². The Balaban J connectivity index is 2.51. The number of benzene rings is 1. The minimum atomic E-state index is 0.369. The SMILES string of the molecule is CCCNC(COCC)Cc1cccc(Cl)c1. The Bertz CT molecular complexity index is 309. The second-order valence-corrected chi connectivity index (χ2v) is 4.58. The van der Waals surface area contributed by atoms with E-state index in [0.717, 1.165) is 37.6 Å². The zero-order chi connectivity index (χ0) is 12.5. The van der Waals surface area contributed by atoms with Gasteiger partial charge in [0.1, 0.15) is 0 Å². The van der Waals surface area contributed by atoms with Crippen LogP contribution in [0.5, 0.6) is 0 Å². The van der Waals surface area contributed by atoms with Gasteiger partial charge in [-0.2, -0.15) is 0 Å². The van der Waals surface area contributed by atoms with Gasteiger partial charge in [-0.15, -0.1) is 0 Å². The van der Waals surface area contributed by atoms with Crippen molar-refractivity contribution in [2.24, 2.45) is 0 Å². The first-order valence-electron chi connectivity index (χ1n) is 6.31. The fraction of sp³-hybridized carbons (Fsp3) is 0.571. The van der Waals surface area contributed by atoms with Crippen LogP contribution in [-0.2, 0) is 11.2 Å². The van der Waals surface area contributed by atoms with E-state index in [-0.39, 0.29) is 0 Å². The fourth-order valence-electron chi connectivity index (χ4n) is 1.75. The highest BCUT2D eigenvalue weighted by atomic mass is 35.5. The van der Waals surface area contributed by atoms with E-state index in [1.165, 1.54) is 5.56 Å². The molecule has 3 heteroatoms. The van der Waals surface area contributed by atoms with Gasteiger partial charge in [0.15, 0.2) is 0 Å². The van der Waals surface area contributed by atoms with Crippen molar-refractivity contribution >= 4 is 11.6 Å². The Morgan fingerprint density at radius 1 is 1.35 bits per heavy atom. The topological polar surface area (TPSA) is 21.3 Å². The largest absolute Gasteiger partial charge is 0.380 e. The zero-order valence-corrected chi connectivity index (χ0v) is 11.5. The monoisotopic (exact) mass is 255 g/mol. The lowest BCUT2D eigenvalue weighted by Gasteiger charge is -2.18. The van der Waals surface area contributed by atoms with Crippen molar-refractivity contribution in [1.82, 2.24) is 5.32 Å². The molecule has 0 fully saturated rings. The first kappa shape index (κ1) is 14.5. The molecule has 17 heavy (non-hydrogen) atoms. The van der Waals surface area contributed by atoms with Crippen LogP contribution >= 0.6 is 11.6 Å². The molecule has 0 aliphatic rings. The molecule has 0 aromatic heterocycles. The Morgan fingerprint density at radius 2 is 2.18 bits per heavy atom. The number of hydrogen-bond donors (Lipinski definition) is 1. The van der Waals surface area contributed by atoms with Gasteiger partial charge in [0.05, 0.1) is 6.61 Å². The molecule has 0 heterocycles. The molecule has 0 saturated heterocycles. The fourth-order valence-corrected chi connectivity index (χ4v) is 1.96. The van der Waals surface area contributed by atoms with Gasteiger partial charge in [0.2, 0.25) is 0 Å². The van der Waals surface area contributed by atoms with Crippen molar-refractivity contribution in [3.8, 4) is 0 Å². The van der Waals surface area contributed by atoms with Crippen molar-refractivity contribution in [3.05, 3.63) is 34.9 Å². The highest BCUT2D eigenvalue weighted by Gasteiger charge is 2.08. The maximum absolute atomic E-state index is 5.99. The minimum absolute atomic E-state index is 0.369. The molecule has 1 unspecified atom stereocenters. The minimum Gasteiger partial charge on any atom is -0.380 e. The van der Waals surface area contributed by atoms with Crippen LogP contribution < -0.4 is 5.32 Å². The first-order chi connectivity index (χ1) is 8.26. The van der Waals surface area contributed by atoms with Gasteiger partial charge in [0, 0.05) is 17.7 Å². The van der Waals surface area contributed by atoms with Crippen LogP contribution in [0.1, 0.15) is 25.8 Å². The van der Waals surface area contributed by atoms with Crippen LogP contribution in [0.3, 0.4) is 0 Å².